The smallest absolute Gasteiger partial charge is 0.237 e. The molecule has 0 radical (unpaired) electrons. The van der Waals surface area contributed by atoms with E-state index in [4.69, 9.17) is 0 Å². The lowest BCUT2D eigenvalue weighted by Gasteiger charge is -2.14. The Hall–Kier alpha value is -2.80. The van der Waals surface area contributed by atoms with Crippen molar-refractivity contribution in [1.29, 1.82) is 0 Å². The highest BCUT2D eigenvalue weighted by molar-refractivity contribution is 5.81. The number of carbonyl (C=O) groups is 1. The number of nitrogens with zero attached hydrogens (tertiary/aromatic N) is 3. The molecule has 130 valence electrons. The van der Waals surface area contributed by atoms with E-state index >= 15 is 0 Å². The van der Waals surface area contributed by atoms with Crippen LogP contribution in [0.4, 0.5) is 4.39 Å². The van der Waals surface area contributed by atoms with E-state index in [9.17, 15) is 9.18 Å². The quantitative estimate of drug-likeness (QED) is 0.686. The Morgan fingerprint density at radius 1 is 1.20 bits per heavy atom. The highest BCUT2D eigenvalue weighted by atomic mass is 19.1. The molecule has 1 amide bonds. The summed E-state index contributed by atoms with van der Waals surface area (Å²) in [6.07, 6.45) is 2.56. The molecule has 2 N–H and O–H groups in total. The van der Waals surface area contributed by atoms with Crippen molar-refractivity contribution in [3.63, 3.8) is 0 Å². The van der Waals surface area contributed by atoms with Crippen LogP contribution >= 0.6 is 0 Å². The molecular formula is C18H20FN5O. The average molecular weight is 341 g/mol. The molecule has 0 aliphatic heterocycles. The van der Waals surface area contributed by atoms with Gasteiger partial charge in [-0.2, -0.15) is 0 Å². The molecule has 0 aliphatic rings. The molecule has 0 spiro atoms. The summed E-state index contributed by atoms with van der Waals surface area (Å²) in [7, 11) is 0. The van der Waals surface area contributed by atoms with E-state index < -0.39 is 0 Å². The Kier molecular flexibility index (Phi) is 5.35. The number of pyridine rings is 1. The van der Waals surface area contributed by atoms with E-state index in [2.05, 4.69) is 20.8 Å². The van der Waals surface area contributed by atoms with Gasteiger partial charge in [0.15, 0.2) is 5.65 Å². The predicted octanol–water partition coefficient (Wildman–Crippen LogP) is 1.71. The molecule has 1 unspecified atom stereocenters. The molecule has 0 saturated carbocycles. The van der Waals surface area contributed by atoms with Gasteiger partial charge in [0.05, 0.1) is 6.04 Å². The number of benzene rings is 1. The number of hydrogen-bond donors (Lipinski definition) is 2. The lowest BCUT2D eigenvalue weighted by molar-refractivity contribution is -0.122. The van der Waals surface area contributed by atoms with Crippen LogP contribution in [-0.2, 0) is 17.8 Å². The van der Waals surface area contributed by atoms with Gasteiger partial charge in [0, 0.05) is 31.3 Å². The molecule has 0 fully saturated rings. The first-order valence-corrected chi connectivity index (χ1v) is 8.18. The number of aromatic nitrogens is 3. The SMILES string of the molecule is CC(NCCc1nnc2ccccn12)C(=O)NCc1ccccc1F. The molecule has 7 heteroatoms. The van der Waals surface area contributed by atoms with Crippen LogP contribution in [0.5, 0.6) is 0 Å². The summed E-state index contributed by atoms with van der Waals surface area (Å²) in [5.74, 6) is 0.346. The highest BCUT2D eigenvalue weighted by Gasteiger charge is 2.13. The van der Waals surface area contributed by atoms with E-state index in [1.165, 1.54) is 6.07 Å². The van der Waals surface area contributed by atoms with Crippen LogP contribution in [0.25, 0.3) is 5.65 Å². The van der Waals surface area contributed by atoms with Crippen molar-refractivity contribution in [3.05, 3.63) is 65.9 Å². The van der Waals surface area contributed by atoms with Crippen molar-refractivity contribution in [3.8, 4) is 0 Å². The standard InChI is InChI=1S/C18H20FN5O/c1-13(18(25)21-12-14-6-2-3-7-15(14)19)20-10-9-17-23-22-16-8-4-5-11-24(16)17/h2-8,11,13,20H,9-10,12H2,1H3,(H,21,25). The summed E-state index contributed by atoms with van der Waals surface area (Å²) >= 11 is 0. The molecule has 1 atom stereocenters. The summed E-state index contributed by atoms with van der Waals surface area (Å²) in [5, 5.41) is 14.1. The van der Waals surface area contributed by atoms with Gasteiger partial charge >= 0.3 is 0 Å². The first-order chi connectivity index (χ1) is 12.1. The second-order valence-corrected chi connectivity index (χ2v) is 5.78. The number of rotatable bonds is 7. The van der Waals surface area contributed by atoms with Gasteiger partial charge in [0.25, 0.3) is 0 Å². The van der Waals surface area contributed by atoms with Crippen molar-refractivity contribution in [2.24, 2.45) is 0 Å². The summed E-state index contributed by atoms with van der Waals surface area (Å²) in [5.41, 5.74) is 1.27. The number of fused-ring (bicyclic) bond motifs is 1. The third-order valence-electron chi connectivity index (χ3n) is 3.99. The molecule has 0 aliphatic carbocycles. The third-order valence-corrected chi connectivity index (χ3v) is 3.99. The lowest BCUT2D eigenvalue weighted by Crippen LogP contribution is -2.42. The fourth-order valence-corrected chi connectivity index (χ4v) is 2.53. The number of hydrogen-bond acceptors (Lipinski definition) is 4. The van der Waals surface area contributed by atoms with Crippen LogP contribution in [0.1, 0.15) is 18.3 Å². The predicted molar refractivity (Wildman–Crippen MR) is 92.4 cm³/mol. The number of carbonyl (C=O) groups excluding carboxylic acids is 1. The zero-order valence-corrected chi connectivity index (χ0v) is 13.9. The fraction of sp³-hybridized carbons (Fsp3) is 0.278. The van der Waals surface area contributed by atoms with Gasteiger partial charge in [-0.25, -0.2) is 4.39 Å². The summed E-state index contributed by atoms with van der Waals surface area (Å²) in [6.45, 7) is 2.54. The van der Waals surface area contributed by atoms with Crippen molar-refractivity contribution in [1.82, 2.24) is 25.2 Å². The lowest BCUT2D eigenvalue weighted by atomic mass is 10.2. The van der Waals surface area contributed by atoms with Crippen LogP contribution in [0, 0.1) is 5.82 Å². The molecule has 0 bridgehead atoms. The van der Waals surface area contributed by atoms with Crippen LogP contribution in [0.2, 0.25) is 0 Å². The minimum Gasteiger partial charge on any atom is -0.351 e. The average Bonchev–Trinajstić information content (AvgIpc) is 3.04. The minimum absolute atomic E-state index is 0.172. The Labute approximate surface area is 145 Å². The van der Waals surface area contributed by atoms with E-state index in [-0.39, 0.29) is 24.3 Å². The minimum atomic E-state index is -0.383. The van der Waals surface area contributed by atoms with E-state index in [0.717, 1.165) is 11.5 Å². The van der Waals surface area contributed by atoms with E-state index in [1.807, 2.05) is 28.8 Å². The second-order valence-electron chi connectivity index (χ2n) is 5.78. The van der Waals surface area contributed by atoms with Crippen molar-refractivity contribution < 1.29 is 9.18 Å². The topological polar surface area (TPSA) is 71.3 Å². The van der Waals surface area contributed by atoms with E-state index in [0.29, 0.717) is 18.5 Å². The Morgan fingerprint density at radius 2 is 2.00 bits per heavy atom. The summed E-state index contributed by atoms with van der Waals surface area (Å²) < 4.78 is 15.5. The zero-order valence-electron chi connectivity index (χ0n) is 13.9. The Morgan fingerprint density at radius 3 is 2.84 bits per heavy atom. The van der Waals surface area contributed by atoms with Crippen molar-refractivity contribution in [2.75, 3.05) is 6.54 Å². The molecular weight excluding hydrogens is 321 g/mol. The zero-order chi connectivity index (χ0) is 17.6. The molecule has 3 rings (SSSR count). The van der Waals surface area contributed by atoms with Gasteiger partial charge in [-0.1, -0.05) is 24.3 Å². The Balaban J connectivity index is 1.46. The van der Waals surface area contributed by atoms with Gasteiger partial charge in [-0.15, -0.1) is 10.2 Å². The first-order valence-electron chi connectivity index (χ1n) is 8.18. The number of halogens is 1. The van der Waals surface area contributed by atoms with Crippen LogP contribution in [0.15, 0.2) is 48.7 Å². The number of amides is 1. The molecule has 6 nitrogen and oxygen atoms in total. The molecule has 25 heavy (non-hydrogen) atoms. The normalized spacial score (nSPS) is 12.2. The highest BCUT2D eigenvalue weighted by Crippen LogP contribution is 2.06. The van der Waals surface area contributed by atoms with Gasteiger partial charge in [-0.05, 0) is 25.1 Å². The van der Waals surface area contributed by atoms with Crippen LogP contribution < -0.4 is 10.6 Å². The van der Waals surface area contributed by atoms with Gasteiger partial charge in [-0.3, -0.25) is 9.20 Å². The van der Waals surface area contributed by atoms with Gasteiger partial charge < -0.3 is 10.6 Å². The number of nitrogens with one attached hydrogen (secondary N) is 2. The monoisotopic (exact) mass is 341 g/mol. The molecule has 0 saturated heterocycles. The molecule has 2 heterocycles. The van der Waals surface area contributed by atoms with E-state index in [1.54, 1.807) is 25.1 Å². The third kappa shape index (κ3) is 4.19. The summed E-state index contributed by atoms with van der Waals surface area (Å²) in [6, 6.07) is 11.7. The maximum atomic E-state index is 13.5. The van der Waals surface area contributed by atoms with Crippen LogP contribution in [-0.4, -0.2) is 33.1 Å². The maximum absolute atomic E-state index is 13.5. The first kappa shape index (κ1) is 17.0. The van der Waals surface area contributed by atoms with Gasteiger partial charge in [0.1, 0.15) is 11.6 Å². The van der Waals surface area contributed by atoms with Crippen LogP contribution in [0.3, 0.4) is 0 Å². The second kappa shape index (κ2) is 7.85. The molecule has 3 aromatic rings. The molecule has 1 aromatic carbocycles. The van der Waals surface area contributed by atoms with Crippen molar-refractivity contribution in [2.45, 2.75) is 25.9 Å². The van der Waals surface area contributed by atoms with Gasteiger partial charge in [0.2, 0.25) is 5.91 Å². The summed E-state index contributed by atoms with van der Waals surface area (Å²) in [4.78, 5) is 12.1. The Bertz CT molecular complexity index is 863. The van der Waals surface area contributed by atoms with Crippen molar-refractivity contribution >= 4 is 11.6 Å². The maximum Gasteiger partial charge on any atom is 0.237 e. The fourth-order valence-electron chi connectivity index (χ4n) is 2.53. The molecule has 2 aromatic heterocycles. The largest absolute Gasteiger partial charge is 0.351 e.